The molecule has 0 aliphatic heterocycles. The summed E-state index contributed by atoms with van der Waals surface area (Å²) in [6.45, 7) is 0.430. The minimum Gasteiger partial charge on any atom is -0.497 e. The van der Waals surface area contributed by atoms with Gasteiger partial charge in [0.05, 0.1) is 31.3 Å². The Morgan fingerprint density at radius 2 is 1.83 bits per heavy atom. The molecular weight excluding hydrogens is 288 g/mol. The van der Waals surface area contributed by atoms with Gasteiger partial charge in [-0.25, -0.2) is 0 Å². The van der Waals surface area contributed by atoms with Crippen molar-refractivity contribution in [3.05, 3.63) is 71.9 Å². The third-order valence-corrected chi connectivity index (χ3v) is 3.65. The first-order chi connectivity index (χ1) is 11.2. The number of hydrogen-bond donors (Lipinski definition) is 1. The first-order valence-corrected chi connectivity index (χ1v) is 7.49. The maximum atomic E-state index is 12.0. The van der Waals surface area contributed by atoms with E-state index >= 15 is 0 Å². The molecule has 4 nitrogen and oxygen atoms in total. The monoisotopic (exact) mass is 306 g/mol. The predicted molar refractivity (Wildman–Crippen MR) is 90.3 cm³/mol. The van der Waals surface area contributed by atoms with E-state index in [4.69, 9.17) is 4.74 Å². The maximum Gasteiger partial charge on any atom is 0.224 e. The molecule has 1 heterocycles. The summed E-state index contributed by atoms with van der Waals surface area (Å²) >= 11 is 0. The van der Waals surface area contributed by atoms with Crippen LogP contribution < -0.4 is 10.1 Å². The topological polar surface area (TPSA) is 51.2 Å². The quantitative estimate of drug-likeness (QED) is 0.788. The van der Waals surface area contributed by atoms with Gasteiger partial charge in [0.1, 0.15) is 5.75 Å². The van der Waals surface area contributed by atoms with E-state index in [9.17, 15) is 4.79 Å². The van der Waals surface area contributed by atoms with Crippen molar-refractivity contribution in [2.24, 2.45) is 0 Å². The molecule has 23 heavy (non-hydrogen) atoms. The zero-order chi connectivity index (χ0) is 16.1. The summed E-state index contributed by atoms with van der Waals surface area (Å²) in [7, 11) is 1.62. The van der Waals surface area contributed by atoms with Crippen LogP contribution >= 0.6 is 0 Å². The van der Waals surface area contributed by atoms with Gasteiger partial charge < -0.3 is 10.1 Å². The smallest absolute Gasteiger partial charge is 0.224 e. The van der Waals surface area contributed by atoms with E-state index in [0.717, 1.165) is 27.9 Å². The van der Waals surface area contributed by atoms with Gasteiger partial charge in [-0.1, -0.05) is 36.4 Å². The normalized spacial score (nSPS) is 10.5. The summed E-state index contributed by atoms with van der Waals surface area (Å²) in [5.41, 5.74) is 2.75. The van der Waals surface area contributed by atoms with Crippen molar-refractivity contribution in [2.45, 2.75) is 13.0 Å². The fraction of sp³-hybridized carbons (Fsp3) is 0.158. The molecule has 0 saturated heterocycles. The molecule has 3 rings (SSSR count). The molecule has 4 heteroatoms. The van der Waals surface area contributed by atoms with Gasteiger partial charge in [0.2, 0.25) is 5.91 Å². The Kier molecular flexibility index (Phi) is 4.52. The number of ether oxygens (including phenoxy) is 1. The number of rotatable bonds is 5. The third kappa shape index (κ3) is 3.86. The Hall–Kier alpha value is -2.88. The summed E-state index contributed by atoms with van der Waals surface area (Å²) in [4.78, 5) is 16.6. The maximum absolute atomic E-state index is 12.0. The molecule has 0 aliphatic carbocycles. The molecule has 0 fully saturated rings. The average molecular weight is 306 g/mol. The zero-order valence-electron chi connectivity index (χ0n) is 13.0. The summed E-state index contributed by atoms with van der Waals surface area (Å²) < 4.78 is 5.11. The summed E-state index contributed by atoms with van der Waals surface area (Å²) in [5, 5.41) is 4.01. The number of carbonyl (C=O) groups excluding carboxylic acids is 1. The molecule has 3 aromatic rings. The fourth-order valence-corrected chi connectivity index (χ4v) is 2.39. The highest BCUT2D eigenvalue weighted by Gasteiger charge is 2.05. The van der Waals surface area contributed by atoms with E-state index in [1.807, 2.05) is 60.7 Å². The number of carbonyl (C=O) groups is 1. The van der Waals surface area contributed by atoms with Crippen LogP contribution in [-0.4, -0.2) is 18.0 Å². The Morgan fingerprint density at radius 3 is 2.61 bits per heavy atom. The van der Waals surface area contributed by atoms with Gasteiger partial charge in [-0.2, -0.15) is 0 Å². The van der Waals surface area contributed by atoms with E-state index in [1.165, 1.54) is 0 Å². The van der Waals surface area contributed by atoms with Crippen LogP contribution in [0.25, 0.3) is 10.9 Å². The number of benzene rings is 2. The van der Waals surface area contributed by atoms with Gasteiger partial charge in [0.15, 0.2) is 0 Å². The molecule has 1 aromatic heterocycles. The van der Waals surface area contributed by atoms with E-state index in [2.05, 4.69) is 10.3 Å². The van der Waals surface area contributed by atoms with E-state index in [0.29, 0.717) is 13.0 Å². The molecule has 0 radical (unpaired) electrons. The Labute approximate surface area is 135 Å². The van der Waals surface area contributed by atoms with Crippen LogP contribution in [0, 0.1) is 0 Å². The number of nitrogens with one attached hydrogen (secondary N) is 1. The SMILES string of the molecule is COc1ccc(CC(=O)NCc2ccc3ccccc3n2)cc1. The second kappa shape index (κ2) is 6.92. The first-order valence-electron chi connectivity index (χ1n) is 7.49. The van der Waals surface area contributed by atoms with Crippen LogP contribution in [0.4, 0.5) is 0 Å². The number of methoxy groups -OCH3 is 1. The van der Waals surface area contributed by atoms with Crippen molar-refractivity contribution in [3.63, 3.8) is 0 Å². The molecule has 0 atom stereocenters. The summed E-state index contributed by atoms with van der Waals surface area (Å²) in [5.74, 6) is 0.764. The van der Waals surface area contributed by atoms with Gasteiger partial charge in [-0.05, 0) is 29.8 Å². The standard InChI is InChI=1S/C19H18N2O2/c1-23-17-10-6-14(7-11-17)12-19(22)20-13-16-9-8-15-4-2-3-5-18(15)21-16/h2-11H,12-13H2,1H3,(H,20,22). The van der Waals surface area contributed by atoms with Crippen LogP contribution in [0.15, 0.2) is 60.7 Å². The number of fused-ring (bicyclic) bond motifs is 1. The zero-order valence-corrected chi connectivity index (χ0v) is 13.0. The minimum atomic E-state index is -0.0230. The third-order valence-electron chi connectivity index (χ3n) is 3.65. The van der Waals surface area contributed by atoms with Crippen LogP contribution in [0.1, 0.15) is 11.3 Å². The molecule has 0 aliphatic rings. The predicted octanol–water partition coefficient (Wildman–Crippen LogP) is 3.10. The van der Waals surface area contributed by atoms with Gasteiger partial charge in [-0.15, -0.1) is 0 Å². The van der Waals surface area contributed by atoms with Gasteiger partial charge in [0, 0.05) is 5.39 Å². The molecule has 116 valence electrons. The number of para-hydroxylation sites is 1. The lowest BCUT2D eigenvalue weighted by atomic mass is 10.1. The lowest BCUT2D eigenvalue weighted by molar-refractivity contribution is -0.120. The van der Waals surface area contributed by atoms with Crippen molar-refractivity contribution >= 4 is 16.8 Å². The number of hydrogen-bond acceptors (Lipinski definition) is 3. The molecule has 0 saturated carbocycles. The van der Waals surface area contributed by atoms with E-state index in [-0.39, 0.29) is 5.91 Å². The molecule has 0 spiro atoms. The number of aromatic nitrogens is 1. The molecular formula is C19H18N2O2. The summed E-state index contributed by atoms with van der Waals surface area (Å²) in [6.07, 6.45) is 0.345. The Morgan fingerprint density at radius 1 is 1.04 bits per heavy atom. The van der Waals surface area contributed by atoms with Crippen LogP contribution in [0.5, 0.6) is 5.75 Å². The van der Waals surface area contributed by atoms with Gasteiger partial charge in [-0.3, -0.25) is 9.78 Å². The highest BCUT2D eigenvalue weighted by atomic mass is 16.5. The highest BCUT2D eigenvalue weighted by Crippen LogP contribution is 2.13. The van der Waals surface area contributed by atoms with Crippen LogP contribution in [0.3, 0.4) is 0 Å². The Balaban J connectivity index is 1.58. The number of pyridine rings is 1. The van der Waals surface area contributed by atoms with Crippen LogP contribution in [-0.2, 0) is 17.8 Å². The average Bonchev–Trinajstić information content (AvgIpc) is 2.60. The van der Waals surface area contributed by atoms with Gasteiger partial charge in [0.25, 0.3) is 0 Å². The summed E-state index contributed by atoms with van der Waals surface area (Å²) in [6, 6.07) is 19.4. The largest absolute Gasteiger partial charge is 0.497 e. The first kappa shape index (κ1) is 15.0. The highest BCUT2D eigenvalue weighted by molar-refractivity contribution is 5.79. The van der Waals surface area contributed by atoms with Crippen molar-refractivity contribution in [1.82, 2.24) is 10.3 Å². The molecule has 1 N–H and O–H groups in total. The molecule has 1 amide bonds. The molecule has 2 aromatic carbocycles. The second-order valence-corrected chi connectivity index (χ2v) is 5.30. The Bertz CT molecular complexity index is 813. The molecule has 0 bridgehead atoms. The van der Waals surface area contributed by atoms with Crippen molar-refractivity contribution in [1.29, 1.82) is 0 Å². The molecule has 0 unspecified atom stereocenters. The fourth-order valence-electron chi connectivity index (χ4n) is 2.39. The van der Waals surface area contributed by atoms with E-state index in [1.54, 1.807) is 7.11 Å². The van der Waals surface area contributed by atoms with Crippen molar-refractivity contribution in [2.75, 3.05) is 7.11 Å². The second-order valence-electron chi connectivity index (χ2n) is 5.30. The number of amides is 1. The van der Waals surface area contributed by atoms with Crippen molar-refractivity contribution < 1.29 is 9.53 Å². The van der Waals surface area contributed by atoms with Crippen LogP contribution in [0.2, 0.25) is 0 Å². The lowest BCUT2D eigenvalue weighted by Gasteiger charge is -2.07. The number of nitrogens with zero attached hydrogens (tertiary/aromatic N) is 1. The van der Waals surface area contributed by atoms with Gasteiger partial charge >= 0.3 is 0 Å². The van der Waals surface area contributed by atoms with E-state index < -0.39 is 0 Å². The van der Waals surface area contributed by atoms with Crippen molar-refractivity contribution in [3.8, 4) is 5.75 Å². The lowest BCUT2D eigenvalue weighted by Crippen LogP contribution is -2.25. The minimum absolute atomic E-state index is 0.0230.